The van der Waals surface area contributed by atoms with Crippen molar-refractivity contribution in [3.05, 3.63) is 67.5 Å². The molecule has 0 radical (unpaired) electrons. The van der Waals surface area contributed by atoms with Gasteiger partial charge in [-0.05, 0) is 24.3 Å². The molecule has 6 nitrogen and oxygen atoms in total. The van der Waals surface area contributed by atoms with Crippen LogP contribution in [0.1, 0.15) is 0 Å². The Kier molecular flexibility index (Phi) is 2.69. The summed E-state index contributed by atoms with van der Waals surface area (Å²) < 4.78 is 1.77. The standard InChI is InChI=1S/C18H12N6/c1-2-12(9-19-5-1)13-8-14-15(11-22-18(14)21-10-13)16-3-4-17-20-6-7-24(17)23-16/h1-11H,(H,21,22). The summed E-state index contributed by atoms with van der Waals surface area (Å²) in [6.45, 7) is 0. The summed E-state index contributed by atoms with van der Waals surface area (Å²) in [4.78, 5) is 16.2. The van der Waals surface area contributed by atoms with Crippen molar-refractivity contribution in [1.29, 1.82) is 0 Å². The lowest BCUT2D eigenvalue weighted by Crippen LogP contribution is -1.92. The Morgan fingerprint density at radius 3 is 2.88 bits per heavy atom. The maximum absolute atomic E-state index is 4.62. The van der Waals surface area contributed by atoms with Crippen LogP contribution in [0.5, 0.6) is 0 Å². The third-order valence-corrected chi connectivity index (χ3v) is 4.06. The van der Waals surface area contributed by atoms with E-state index in [1.807, 2.05) is 49.1 Å². The Bertz CT molecular complexity index is 1160. The molecule has 1 N–H and O–H groups in total. The monoisotopic (exact) mass is 312 g/mol. The molecule has 5 aromatic heterocycles. The summed E-state index contributed by atoms with van der Waals surface area (Å²) in [5.41, 5.74) is 5.62. The molecule has 5 aromatic rings. The smallest absolute Gasteiger partial charge is 0.153 e. The molecule has 24 heavy (non-hydrogen) atoms. The zero-order valence-corrected chi connectivity index (χ0v) is 12.6. The van der Waals surface area contributed by atoms with Crippen LogP contribution in [0.25, 0.3) is 39.1 Å². The number of hydrogen-bond donors (Lipinski definition) is 1. The van der Waals surface area contributed by atoms with Gasteiger partial charge in [-0.2, -0.15) is 5.10 Å². The number of H-pyrrole nitrogens is 1. The van der Waals surface area contributed by atoms with Crippen LogP contribution in [-0.2, 0) is 0 Å². The molecule has 0 spiro atoms. The van der Waals surface area contributed by atoms with Gasteiger partial charge < -0.3 is 4.98 Å². The Hall–Kier alpha value is -3.54. The van der Waals surface area contributed by atoms with Crippen molar-refractivity contribution in [1.82, 2.24) is 29.5 Å². The van der Waals surface area contributed by atoms with Crippen LogP contribution >= 0.6 is 0 Å². The second kappa shape index (κ2) is 4.99. The van der Waals surface area contributed by atoms with Crippen molar-refractivity contribution in [3.8, 4) is 22.4 Å². The van der Waals surface area contributed by atoms with E-state index in [4.69, 9.17) is 0 Å². The normalized spacial score (nSPS) is 11.3. The van der Waals surface area contributed by atoms with Crippen molar-refractivity contribution in [2.75, 3.05) is 0 Å². The van der Waals surface area contributed by atoms with Crippen LogP contribution in [0.4, 0.5) is 0 Å². The van der Waals surface area contributed by atoms with Crippen LogP contribution in [0.15, 0.2) is 67.5 Å². The molecule has 0 saturated heterocycles. The van der Waals surface area contributed by atoms with Crippen molar-refractivity contribution >= 4 is 16.7 Å². The van der Waals surface area contributed by atoms with Crippen LogP contribution in [0.2, 0.25) is 0 Å². The maximum Gasteiger partial charge on any atom is 0.153 e. The van der Waals surface area contributed by atoms with Gasteiger partial charge in [-0.1, -0.05) is 6.07 Å². The SMILES string of the molecule is c1cncc(-c2cnc3[nH]cc(-c4ccc5nccn5n4)c3c2)c1. The Morgan fingerprint density at radius 2 is 1.96 bits per heavy atom. The Balaban J connectivity index is 1.71. The average Bonchev–Trinajstić information content (AvgIpc) is 3.27. The number of aromatic amines is 1. The molecule has 0 amide bonds. The molecule has 0 aromatic carbocycles. The number of rotatable bonds is 2. The van der Waals surface area contributed by atoms with Crippen molar-refractivity contribution in [2.45, 2.75) is 0 Å². The first-order valence-electron chi connectivity index (χ1n) is 7.57. The summed E-state index contributed by atoms with van der Waals surface area (Å²) in [6.07, 6.45) is 11.0. The van der Waals surface area contributed by atoms with Crippen LogP contribution in [0.3, 0.4) is 0 Å². The zero-order chi connectivity index (χ0) is 15.9. The molecule has 0 saturated carbocycles. The lowest BCUT2D eigenvalue weighted by molar-refractivity contribution is 0.943. The number of nitrogens with one attached hydrogen (secondary N) is 1. The highest BCUT2D eigenvalue weighted by Crippen LogP contribution is 2.29. The second-order valence-corrected chi connectivity index (χ2v) is 5.51. The van der Waals surface area contributed by atoms with Crippen molar-refractivity contribution < 1.29 is 0 Å². The zero-order valence-electron chi connectivity index (χ0n) is 12.6. The van der Waals surface area contributed by atoms with E-state index < -0.39 is 0 Å². The lowest BCUT2D eigenvalue weighted by atomic mass is 10.1. The Labute approximate surface area is 136 Å². The Morgan fingerprint density at radius 1 is 0.958 bits per heavy atom. The van der Waals surface area contributed by atoms with E-state index in [-0.39, 0.29) is 0 Å². The van der Waals surface area contributed by atoms with Gasteiger partial charge in [0.1, 0.15) is 5.65 Å². The molecule has 5 heterocycles. The molecule has 0 fully saturated rings. The largest absolute Gasteiger partial charge is 0.345 e. The highest BCUT2D eigenvalue weighted by Gasteiger charge is 2.11. The fourth-order valence-electron chi connectivity index (χ4n) is 2.87. The predicted octanol–water partition coefficient (Wildman–Crippen LogP) is 3.33. The molecule has 6 heteroatoms. The first kappa shape index (κ1) is 13.0. The second-order valence-electron chi connectivity index (χ2n) is 5.51. The van der Waals surface area contributed by atoms with Crippen molar-refractivity contribution in [2.24, 2.45) is 0 Å². The van der Waals surface area contributed by atoms with E-state index in [0.29, 0.717) is 0 Å². The number of pyridine rings is 2. The molecular weight excluding hydrogens is 300 g/mol. The lowest BCUT2D eigenvalue weighted by Gasteiger charge is -2.03. The van der Waals surface area contributed by atoms with Gasteiger partial charge in [0.05, 0.1) is 5.69 Å². The van der Waals surface area contributed by atoms with E-state index in [1.54, 1.807) is 16.9 Å². The molecule has 0 atom stereocenters. The van der Waals surface area contributed by atoms with Crippen LogP contribution in [0, 0.1) is 0 Å². The minimum atomic E-state index is 0.827. The first-order valence-corrected chi connectivity index (χ1v) is 7.57. The fourth-order valence-corrected chi connectivity index (χ4v) is 2.87. The summed E-state index contributed by atoms with van der Waals surface area (Å²) in [5, 5.41) is 5.66. The van der Waals surface area contributed by atoms with Gasteiger partial charge >= 0.3 is 0 Å². The van der Waals surface area contributed by atoms with Gasteiger partial charge in [0, 0.05) is 59.3 Å². The molecule has 0 unspecified atom stereocenters. The number of hydrogen-bond acceptors (Lipinski definition) is 4. The molecular formula is C18H12N6. The quantitative estimate of drug-likeness (QED) is 0.542. The van der Waals surface area contributed by atoms with E-state index in [9.17, 15) is 0 Å². The molecule has 114 valence electrons. The van der Waals surface area contributed by atoms with Crippen LogP contribution in [-0.4, -0.2) is 29.5 Å². The molecule has 0 bridgehead atoms. The number of imidazole rings is 1. The van der Waals surface area contributed by atoms with Crippen molar-refractivity contribution in [3.63, 3.8) is 0 Å². The third-order valence-electron chi connectivity index (χ3n) is 4.06. The number of aromatic nitrogens is 6. The summed E-state index contributed by atoms with van der Waals surface area (Å²) in [7, 11) is 0. The first-order chi connectivity index (χ1) is 11.9. The van der Waals surface area contributed by atoms with Gasteiger partial charge in [0.15, 0.2) is 5.65 Å². The van der Waals surface area contributed by atoms with Gasteiger partial charge in [0.2, 0.25) is 0 Å². The topological polar surface area (TPSA) is 71.8 Å². The van der Waals surface area contributed by atoms with E-state index >= 15 is 0 Å². The summed E-state index contributed by atoms with van der Waals surface area (Å²) >= 11 is 0. The number of nitrogens with zero attached hydrogens (tertiary/aromatic N) is 5. The highest BCUT2D eigenvalue weighted by atomic mass is 15.2. The number of fused-ring (bicyclic) bond motifs is 2. The van der Waals surface area contributed by atoms with E-state index in [1.165, 1.54) is 0 Å². The molecule has 0 aliphatic rings. The van der Waals surface area contributed by atoms with Gasteiger partial charge in [-0.3, -0.25) is 4.98 Å². The molecule has 0 aliphatic heterocycles. The van der Waals surface area contributed by atoms with Gasteiger partial charge in [-0.15, -0.1) is 0 Å². The summed E-state index contributed by atoms with van der Waals surface area (Å²) in [6, 6.07) is 10.00. The average molecular weight is 312 g/mol. The minimum Gasteiger partial charge on any atom is -0.345 e. The predicted molar refractivity (Wildman–Crippen MR) is 91.3 cm³/mol. The van der Waals surface area contributed by atoms with Gasteiger partial charge in [-0.25, -0.2) is 14.5 Å². The van der Waals surface area contributed by atoms with Crippen LogP contribution < -0.4 is 0 Å². The third kappa shape index (κ3) is 1.97. The van der Waals surface area contributed by atoms with E-state index in [2.05, 4.69) is 31.1 Å². The van der Waals surface area contributed by atoms with Gasteiger partial charge in [0.25, 0.3) is 0 Å². The minimum absolute atomic E-state index is 0.827. The highest BCUT2D eigenvalue weighted by molar-refractivity contribution is 5.94. The van der Waals surface area contributed by atoms with E-state index in [0.717, 1.165) is 39.1 Å². The maximum atomic E-state index is 4.62. The fraction of sp³-hybridized carbons (Fsp3) is 0. The molecule has 0 aliphatic carbocycles. The molecule has 5 rings (SSSR count). The summed E-state index contributed by atoms with van der Waals surface area (Å²) in [5.74, 6) is 0.